The molecule has 0 unspecified atom stereocenters. The summed E-state index contributed by atoms with van der Waals surface area (Å²) in [6, 6.07) is 143. The Morgan fingerprint density at radius 3 is 0.819 bits per heavy atom. The molecule has 24 aromatic rings. The molecule has 0 saturated heterocycles. The molecule has 24 rings (SSSR count). The largest absolute Gasteiger partial charge is 0.309 e. The van der Waals surface area contributed by atoms with Crippen LogP contribution in [-0.2, 0) is 0 Å². The summed E-state index contributed by atoms with van der Waals surface area (Å²) in [7, 11) is 0. The molecule has 7 aromatic heterocycles. The number of aromatic nitrogens is 9. The first-order chi connectivity index (χ1) is 57.5. The summed E-state index contributed by atoms with van der Waals surface area (Å²) in [5.41, 5.74) is 25.7. The Bertz CT molecular complexity index is 7690. The van der Waals surface area contributed by atoms with Gasteiger partial charge in [0, 0.05) is 115 Å². The lowest BCUT2D eigenvalue weighted by Crippen LogP contribution is -2.03. The maximum Gasteiger partial charge on any atom is 0.164 e. The topological polar surface area (TPSA) is 92.0 Å². The fraction of sp³-hybridized carbons (Fsp3) is 0. The highest BCUT2D eigenvalue weighted by Crippen LogP contribution is 2.47. The molecule has 0 bridgehead atoms. The summed E-state index contributed by atoms with van der Waals surface area (Å²) in [6.45, 7) is 0. The van der Waals surface area contributed by atoms with E-state index in [1.54, 1.807) is 0 Å². The number of para-hydroxylation sites is 8. The van der Waals surface area contributed by atoms with E-state index in [4.69, 9.17) is 15.0 Å². The van der Waals surface area contributed by atoms with Crippen LogP contribution in [0.3, 0.4) is 0 Å². The Kier molecular flexibility index (Phi) is 14.3. The summed E-state index contributed by atoms with van der Waals surface area (Å²) in [5.74, 6) is 1.61. The molecule has 0 fully saturated rings. The third-order valence-electron chi connectivity index (χ3n) is 23.9. The van der Waals surface area contributed by atoms with Gasteiger partial charge in [0.25, 0.3) is 0 Å². The molecule has 0 spiro atoms. The van der Waals surface area contributed by atoms with Crippen molar-refractivity contribution in [1.29, 1.82) is 5.26 Å². The van der Waals surface area contributed by atoms with Gasteiger partial charge >= 0.3 is 0 Å². The zero-order chi connectivity index (χ0) is 76.2. The first-order valence-corrected chi connectivity index (χ1v) is 39.3. The van der Waals surface area contributed by atoms with Crippen LogP contribution in [0, 0.1) is 11.3 Å². The van der Waals surface area contributed by atoms with Crippen LogP contribution in [0.2, 0.25) is 0 Å². The van der Waals surface area contributed by atoms with E-state index in [0.29, 0.717) is 23.0 Å². The highest BCUT2D eigenvalue weighted by atomic mass is 15.1. The van der Waals surface area contributed by atoms with Crippen molar-refractivity contribution in [3.05, 3.63) is 394 Å². The first kappa shape index (κ1) is 64.8. The Morgan fingerprint density at radius 2 is 0.466 bits per heavy atom. The second-order valence-electron chi connectivity index (χ2n) is 30.2. The van der Waals surface area contributed by atoms with Crippen molar-refractivity contribution in [3.8, 4) is 96.6 Å². The molecule has 0 N–H and O–H groups in total. The molecule has 0 aliphatic carbocycles. The quantitative estimate of drug-likeness (QED) is 0.129. The van der Waals surface area contributed by atoms with Gasteiger partial charge < -0.3 is 27.4 Å². The Balaban J connectivity index is 0.813. The third kappa shape index (κ3) is 9.86. The molecule has 10 heteroatoms. The zero-order valence-corrected chi connectivity index (χ0v) is 62.4. The second-order valence-corrected chi connectivity index (χ2v) is 30.2. The van der Waals surface area contributed by atoms with E-state index < -0.39 is 0 Å². The van der Waals surface area contributed by atoms with Gasteiger partial charge in [-0.1, -0.05) is 231 Å². The molecule has 538 valence electrons. The van der Waals surface area contributed by atoms with E-state index in [2.05, 4.69) is 367 Å². The summed E-state index contributed by atoms with van der Waals surface area (Å²) in [5, 5.41) is 24.9. The number of benzene rings is 17. The number of rotatable bonds is 11. The lowest BCUT2D eigenvalue weighted by Gasteiger charge is -2.19. The molecule has 0 amide bonds. The molecule has 0 radical (unpaired) electrons. The lowest BCUT2D eigenvalue weighted by molar-refractivity contribution is 1.07. The number of nitriles is 1. The van der Waals surface area contributed by atoms with Gasteiger partial charge in [-0.05, 0) is 174 Å². The van der Waals surface area contributed by atoms with E-state index in [-0.39, 0.29) is 0 Å². The summed E-state index contributed by atoms with van der Waals surface area (Å²) in [6.07, 6.45) is 0. The Morgan fingerprint density at radius 1 is 0.181 bits per heavy atom. The van der Waals surface area contributed by atoms with Gasteiger partial charge in [-0.2, -0.15) is 5.26 Å². The number of fused-ring (bicyclic) bond motifs is 18. The van der Waals surface area contributed by atoms with Crippen LogP contribution in [0.4, 0.5) is 0 Å². The third-order valence-corrected chi connectivity index (χ3v) is 23.9. The van der Waals surface area contributed by atoms with Crippen molar-refractivity contribution in [1.82, 2.24) is 42.4 Å². The van der Waals surface area contributed by atoms with Crippen LogP contribution >= 0.6 is 0 Å². The predicted octanol–water partition coefficient (Wildman–Crippen LogP) is 26.7. The molecule has 0 aliphatic rings. The molecule has 0 aliphatic heterocycles. The van der Waals surface area contributed by atoms with E-state index in [0.717, 1.165) is 161 Å². The van der Waals surface area contributed by atoms with Crippen LogP contribution in [-0.4, -0.2) is 42.4 Å². The smallest absolute Gasteiger partial charge is 0.164 e. The molecule has 0 atom stereocenters. The van der Waals surface area contributed by atoms with Crippen LogP contribution in [0.25, 0.3) is 221 Å². The van der Waals surface area contributed by atoms with Crippen molar-refractivity contribution in [2.24, 2.45) is 0 Å². The molecule has 0 saturated carbocycles. The standard InChI is InChI=1S/C106H64N10/c107-65-69-29-7-8-30-77(69)68-47-52-99(116-102-55-50-74(113-95-43-21-13-35-82(95)83-36-14-22-44-96(83)113)63-89(102)90-64-75(51-56-103(90)116)114-97-45-23-15-37-84(97)85-38-16-24-46-98(85)114)86(60-68)70-57-71(106-109-104(66-25-3-1-4-26-66)108-105(110-106)67-27-5-2-6-28-67)59-76(58-70)115-100-53-48-72(111-91-39-17-9-31-78(91)79-32-10-18-40-92(79)111)61-87(100)88-62-73(49-54-101(88)115)112-93-41-19-11-33-80(93)81-34-12-20-42-94(81)112/h1-64H. The first-order valence-electron chi connectivity index (χ1n) is 39.3. The van der Waals surface area contributed by atoms with Gasteiger partial charge in [0.15, 0.2) is 17.5 Å². The van der Waals surface area contributed by atoms with E-state index in [1.165, 1.54) is 43.1 Å². The van der Waals surface area contributed by atoms with Gasteiger partial charge in [0.05, 0.1) is 83.5 Å². The van der Waals surface area contributed by atoms with Crippen molar-refractivity contribution in [3.63, 3.8) is 0 Å². The van der Waals surface area contributed by atoms with Crippen LogP contribution in [0.1, 0.15) is 5.56 Å². The minimum absolute atomic E-state index is 0.503. The van der Waals surface area contributed by atoms with E-state index >= 15 is 0 Å². The summed E-state index contributed by atoms with van der Waals surface area (Å²) >= 11 is 0. The number of hydrogen-bond acceptors (Lipinski definition) is 4. The number of nitrogens with zero attached hydrogens (tertiary/aromatic N) is 10. The van der Waals surface area contributed by atoms with Crippen molar-refractivity contribution in [2.45, 2.75) is 0 Å². The second kappa shape index (κ2) is 25.5. The molecule has 17 aromatic carbocycles. The van der Waals surface area contributed by atoms with Crippen LogP contribution in [0.5, 0.6) is 0 Å². The minimum atomic E-state index is 0.503. The summed E-state index contributed by atoms with van der Waals surface area (Å²) < 4.78 is 14.6. The normalized spacial score (nSPS) is 12.0. The van der Waals surface area contributed by atoms with Gasteiger partial charge in [-0.15, -0.1) is 0 Å². The van der Waals surface area contributed by atoms with Crippen LogP contribution in [0.15, 0.2) is 388 Å². The Labute approximate surface area is 664 Å². The fourth-order valence-corrected chi connectivity index (χ4v) is 18.8. The Hall–Kier alpha value is -16.0. The highest BCUT2D eigenvalue weighted by molar-refractivity contribution is 6.17. The SMILES string of the molecule is N#Cc1ccccc1-c1ccc(-n2c3ccc(-n4c5ccccc5c5ccccc54)cc3c3cc(-n4c5ccccc5c5ccccc54)ccc32)c(-c2cc(-c3nc(-c4ccccc4)nc(-c4ccccc4)n3)cc(-n3c4ccc(-n5c6ccccc6c6ccccc65)cc4c4cc(-n5c6ccccc6c6ccccc65)ccc43)c2)c1. The minimum Gasteiger partial charge on any atom is -0.309 e. The van der Waals surface area contributed by atoms with E-state index in [9.17, 15) is 5.26 Å². The molecule has 116 heavy (non-hydrogen) atoms. The van der Waals surface area contributed by atoms with Crippen LogP contribution < -0.4 is 0 Å². The van der Waals surface area contributed by atoms with Crippen molar-refractivity contribution < 1.29 is 0 Å². The average molecular weight is 1480 g/mol. The van der Waals surface area contributed by atoms with Gasteiger partial charge in [-0.25, -0.2) is 15.0 Å². The summed E-state index contributed by atoms with van der Waals surface area (Å²) in [4.78, 5) is 16.4. The number of hydrogen-bond donors (Lipinski definition) is 0. The molecule has 7 heterocycles. The van der Waals surface area contributed by atoms with Gasteiger partial charge in [0.1, 0.15) is 0 Å². The zero-order valence-electron chi connectivity index (χ0n) is 62.4. The molecular weight excluding hydrogens is 1410 g/mol. The van der Waals surface area contributed by atoms with Crippen molar-refractivity contribution in [2.75, 3.05) is 0 Å². The predicted molar refractivity (Wildman–Crippen MR) is 478 cm³/mol. The van der Waals surface area contributed by atoms with Crippen molar-refractivity contribution >= 4 is 131 Å². The molecule has 10 nitrogen and oxygen atoms in total. The fourth-order valence-electron chi connectivity index (χ4n) is 18.8. The monoisotopic (exact) mass is 1480 g/mol. The van der Waals surface area contributed by atoms with Gasteiger partial charge in [-0.3, -0.25) is 0 Å². The maximum atomic E-state index is 11.1. The lowest BCUT2D eigenvalue weighted by atomic mass is 9.93. The maximum absolute atomic E-state index is 11.1. The highest BCUT2D eigenvalue weighted by Gasteiger charge is 2.27. The average Bonchev–Trinajstić information content (AvgIpc) is 1.55. The van der Waals surface area contributed by atoms with Gasteiger partial charge in [0.2, 0.25) is 0 Å². The molecular formula is C106H64N10. The van der Waals surface area contributed by atoms with E-state index in [1.807, 2.05) is 54.6 Å².